The van der Waals surface area contributed by atoms with Crippen LogP contribution in [0.2, 0.25) is 0 Å². The smallest absolute Gasteiger partial charge is 0.408 e. The Morgan fingerprint density at radius 1 is 1.19 bits per heavy atom. The Morgan fingerprint density at radius 3 is 2.33 bits per heavy atom. The number of ether oxygens (including phenoxy) is 4. The lowest BCUT2D eigenvalue weighted by Gasteiger charge is -2.31. The summed E-state index contributed by atoms with van der Waals surface area (Å²) in [5.41, 5.74) is -1.73. The fraction of sp³-hybridized carbons (Fsp3) is 0.556. The predicted octanol–water partition coefficient (Wildman–Crippen LogP) is 2.81. The maximum Gasteiger partial charge on any atom is 0.408 e. The summed E-state index contributed by atoms with van der Waals surface area (Å²) in [5.74, 6) is -0.598. The monoisotopic (exact) mass is 495 g/mol. The van der Waals surface area contributed by atoms with Gasteiger partial charge < -0.3 is 29.4 Å². The molecule has 0 radical (unpaired) electrons. The molecule has 0 bridgehead atoms. The number of rotatable bonds is 9. The topological polar surface area (TPSA) is 103 Å². The lowest BCUT2D eigenvalue weighted by Crippen LogP contribution is -2.60. The van der Waals surface area contributed by atoms with Gasteiger partial charge in [-0.2, -0.15) is 0 Å². The van der Waals surface area contributed by atoms with E-state index in [4.69, 9.17) is 18.9 Å². The van der Waals surface area contributed by atoms with Crippen LogP contribution in [0.5, 0.6) is 5.75 Å². The minimum atomic E-state index is -1.67. The number of hydrogen-bond donors (Lipinski definition) is 2. The Morgan fingerprint density at radius 2 is 1.85 bits per heavy atom. The van der Waals surface area contributed by atoms with Crippen molar-refractivity contribution in [3.63, 3.8) is 0 Å². The van der Waals surface area contributed by atoms with E-state index in [0.29, 0.717) is 11.3 Å². The van der Waals surface area contributed by atoms with E-state index >= 15 is 0 Å². The molecule has 1 aromatic carbocycles. The highest BCUT2D eigenvalue weighted by Gasteiger charge is 2.42. The van der Waals surface area contributed by atoms with Gasteiger partial charge in [-0.05, 0) is 61.1 Å². The van der Waals surface area contributed by atoms with Gasteiger partial charge in [-0.1, -0.05) is 6.07 Å². The average Bonchev–Trinajstić information content (AvgIpc) is 2.52. The van der Waals surface area contributed by atoms with Crippen LogP contribution in [0.1, 0.15) is 26.3 Å². The number of hydrogen-bond acceptors (Lipinski definition) is 6. The number of nitrogens with one attached hydrogen (secondary N) is 1. The fourth-order valence-corrected chi connectivity index (χ4v) is 3.05. The van der Waals surface area contributed by atoms with Crippen LogP contribution < -0.4 is 10.1 Å². The summed E-state index contributed by atoms with van der Waals surface area (Å²) in [6.45, 7) is 4.99. The number of amides is 1. The Hall–Kier alpha value is -1.59. The number of halogens is 1. The molecule has 0 heterocycles. The number of carboxylic acid groups (broad SMARTS) is 1. The van der Waals surface area contributed by atoms with Crippen LogP contribution in [0.25, 0.3) is 0 Å². The number of carboxylic acids is 1. The van der Waals surface area contributed by atoms with E-state index in [1.54, 1.807) is 39.0 Å². The van der Waals surface area contributed by atoms with Crippen LogP contribution in [-0.4, -0.2) is 55.9 Å². The third-order valence-electron chi connectivity index (χ3n) is 3.37. The maximum atomic E-state index is 12.2. The summed E-state index contributed by atoms with van der Waals surface area (Å²) in [6.07, 6.45) is -0.813. The third-order valence-corrected chi connectivity index (χ3v) is 4.22. The van der Waals surface area contributed by atoms with Gasteiger partial charge in [0.1, 0.15) is 11.4 Å². The number of carbonyl (C=O) groups is 2. The number of alkyl carbamates (subject to hydrolysis) is 1. The molecule has 8 nitrogen and oxygen atoms in total. The molecule has 0 aromatic heterocycles. The van der Waals surface area contributed by atoms with E-state index in [2.05, 4.69) is 27.9 Å². The summed E-state index contributed by atoms with van der Waals surface area (Å²) >= 11 is 2.09. The first-order chi connectivity index (χ1) is 12.5. The van der Waals surface area contributed by atoms with E-state index in [0.717, 1.165) is 3.57 Å². The minimum Gasteiger partial charge on any atom is -0.479 e. The molecule has 0 saturated heterocycles. The van der Waals surface area contributed by atoms with Crippen molar-refractivity contribution in [1.82, 2.24) is 5.32 Å². The lowest BCUT2D eigenvalue weighted by molar-refractivity contribution is -0.147. The first-order valence-electron chi connectivity index (χ1n) is 8.16. The van der Waals surface area contributed by atoms with Gasteiger partial charge in [-0.15, -0.1) is 0 Å². The zero-order valence-corrected chi connectivity index (χ0v) is 18.3. The summed E-state index contributed by atoms with van der Waals surface area (Å²) in [5, 5.41) is 12.3. The largest absolute Gasteiger partial charge is 0.479 e. The van der Waals surface area contributed by atoms with Crippen molar-refractivity contribution < 1.29 is 33.6 Å². The average molecular weight is 495 g/mol. The molecule has 0 unspecified atom stereocenters. The molecule has 1 aromatic rings. The highest BCUT2D eigenvalue weighted by Crippen LogP contribution is 2.25. The van der Waals surface area contributed by atoms with Crippen molar-refractivity contribution in [3.8, 4) is 5.75 Å². The Balaban J connectivity index is 3.08. The highest BCUT2D eigenvalue weighted by atomic mass is 127. The van der Waals surface area contributed by atoms with Crippen molar-refractivity contribution in [2.45, 2.75) is 38.3 Å². The summed E-state index contributed by atoms with van der Waals surface area (Å²) in [6, 6.07) is 5.25. The van der Waals surface area contributed by atoms with Gasteiger partial charge >= 0.3 is 12.1 Å². The normalized spacial score (nSPS) is 13.6. The maximum absolute atomic E-state index is 12.2. The fourth-order valence-electron chi connectivity index (χ4n) is 2.31. The van der Waals surface area contributed by atoms with Crippen molar-refractivity contribution in [2.75, 3.05) is 27.6 Å². The summed E-state index contributed by atoms with van der Waals surface area (Å²) < 4.78 is 21.4. The first kappa shape index (κ1) is 23.4. The van der Waals surface area contributed by atoms with Crippen LogP contribution >= 0.6 is 22.6 Å². The molecule has 152 valence electrons. The molecule has 27 heavy (non-hydrogen) atoms. The second kappa shape index (κ2) is 10.1. The SMILES string of the molecule is COCOc1ccc(C[C@](COC)(NC(=O)OC(C)(C)C)C(=O)O)cc1I. The van der Waals surface area contributed by atoms with Gasteiger partial charge in [0.15, 0.2) is 12.3 Å². The summed E-state index contributed by atoms with van der Waals surface area (Å²) in [4.78, 5) is 24.2. The molecule has 0 aliphatic rings. The summed E-state index contributed by atoms with van der Waals surface area (Å²) in [7, 11) is 2.90. The van der Waals surface area contributed by atoms with Crippen molar-refractivity contribution in [2.24, 2.45) is 0 Å². The zero-order valence-electron chi connectivity index (χ0n) is 16.1. The lowest BCUT2D eigenvalue weighted by atomic mass is 9.91. The van der Waals surface area contributed by atoms with Crippen LogP contribution in [0.4, 0.5) is 4.79 Å². The van der Waals surface area contributed by atoms with Crippen LogP contribution in [0.3, 0.4) is 0 Å². The molecule has 0 fully saturated rings. The van der Waals surface area contributed by atoms with E-state index in [9.17, 15) is 14.7 Å². The van der Waals surface area contributed by atoms with Gasteiger partial charge in [0.05, 0.1) is 10.2 Å². The molecule has 1 atom stereocenters. The Labute approximate surface area is 172 Å². The van der Waals surface area contributed by atoms with Crippen molar-refractivity contribution in [1.29, 1.82) is 0 Å². The molecule has 0 aliphatic heterocycles. The molecule has 0 spiro atoms. The van der Waals surface area contributed by atoms with Gasteiger partial charge in [-0.3, -0.25) is 0 Å². The molecular weight excluding hydrogens is 469 g/mol. The minimum absolute atomic E-state index is 0.00990. The standard InChI is InChI=1S/C18H26INO7/c1-17(2,3)27-16(23)20-18(10-24-4,15(21)22)9-12-6-7-14(13(19)8-12)26-11-25-5/h6-8H,9-11H2,1-5H3,(H,20,23)(H,21,22)/t18-/m1/s1. The Bertz CT molecular complexity index is 660. The number of benzene rings is 1. The molecule has 1 amide bonds. The third kappa shape index (κ3) is 7.51. The number of aliphatic carboxylic acids is 1. The van der Waals surface area contributed by atoms with E-state index < -0.39 is 23.2 Å². The van der Waals surface area contributed by atoms with E-state index in [1.165, 1.54) is 14.2 Å². The van der Waals surface area contributed by atoms with Crippen LogP contribution in [0, 0.1) is 3.57 Å². The van der Waals surface area contributed by atoms with Gasteiger partial charge in [0.2, 0.25) is 0 Å². The molecule has 0 saturated carbocycles. The van der Waals surface area contributed by atoms with Crippen LogP contribution in [0.15, 0.2) is 18.2 Å². The molecule has 2 N–H and O–H groups in total. The first-order valence-corrected chi connectivity index (χ1v) is 9.24. The molecule has 9 heteroatoms. The second-order valence-corrected chi connectivity index (χ2v) is 8.10. The highest BCUT2D eigenvalue weighted by molar-refractivity contribution is 14.1. The Kier molecular flexibility index (Phi) is 8.76. The quantitative estimate of drug-likeness (QED) is 0.401. The molecule has 0 aliphatic carbocycles. The van der Waals surface area contributed by atoms with Crippen molar-refractivity contribution >= 4 is 34.7 Å². The molecule has 1 rings (SSSR count). The van der Waals surface area contributed by atoms with Gasteiger partial charge in [0.25, 0.3) is 0 Å². The number of carbonyl (C=O) groups excluding carboxylic acids is 1. The van der Waals surface area contributed by atoms with Gasteiger partial charge in [-0.25, -0.2) is 9.59 Å². The van der Waals surface area contributed by atoms with E-state index in [1.807, 2.05) is 0 Å². The zero-order chi connectivity index (χ0) is 20.7. The molecular formula is C18H26INO7. The van der Waals surface area contributed by atoms with Crippen LogP contribution in [-0.2, 0) is 25.4 Å². The second-order valence-electron chi connectivity index (χ2n) is 6.94. The van der Waals surface area contributed by atoms with E-state index in [-0.39, 0.29) is 19.8 Å². The predicted molar refractivity (Wildman–Crippen MR) is 107 cm³/mol. The van der Waals surface area contributed by atoms with Crippen molar-refractivity contribution in [3.05, 3.63) is 27.3 Å². The van der Waals surface area contributed by atoms with Gasteiger partial charge in [0, 0.05) is 20.6 Å². The number of methoxy groups -OCH3 is 2.